The van der Waals surface area contributed by atoms with Crippen molar-refractivity contribution in [1.82, 2.24) is 4.98 Å². The third-order valence-electron chi connectivity index (χ3n) is 3.36. The Morgan fingerprint density at radius 2 is 2.00 bits per heavy atom. The van der Waals surface area contributed by atoms with E-state index in [1.54, 1.807) is 12.1 Å². The summed E-state index contributed by atoms with van der Waals surface area (Å²) in [6.07, 6.45) is 1.81. The quantitative estimate of drug-likeness (QED) is 0.425. The standard InChI is InChI=1S/C15H13N3O4S/c19-14-7-12(5-10(8-17-21)15(14)20)23(22)18-11-2-1-9-3-4-16-13(9)6-11/h1-7,16,18-20H,8H2. The van der Waals surface area contributed by atoms with Gasteiger partial charge in [-0.15, -0.1) is 0 Å². The van der Waals surface area contributed by atoms with Crippen molar-refractivity contribution < 1.29 is 14.4 Å². The van der Waals surface area contributed by atoms with Crippen molar-refractivity contribution in [3.63, 3.8) is 0 Å². The molecule has 0 saturated heterocycles. The topological polar surface area (TPSA) is 115 Å². The lowest BCUT2D eigenvalue weighted by Gasteiger charge is -2.09. The van der Waals surface area contributed by atoms with Crippen molar-refractivity contribution in [2.45, 2.75) is 11.4 Å². The molecule has 1 unspecified atom stereocenters. The molecule has 0 saturated carbocycles. The molecule has 8 heteroatoms. The third-order valence-corrected chi connectivity index (χ3v) is 4.44. The Kier molecular flexibility index (Phi) is 3.98. The number of anilines is 1. The maximum Gasteiger partial charge on any atom is 0.162 e. The van der Waals surface area contributed by atoms with Gasteiger partial charge in [0.15, 0.2) is 11.5 Å². The van der Waals surface area contributed by atoms with Crippen LogP contribution in [0.3, 0.4) is 0 Å². The van der Waals surface area contributed by atoms with E-state index in [1.165, 1.54) is 12.1 Å². The normalized spacial score (nSPS) is 12.2. The summed E-state index contributed by atoms with van der Waals surface area (Å²) in [5.41, 5.74) is 1.64. The molecule has 2 aromatic carbocycles. The zero-order valence-corrected chi connectivity index (χ0v) is 12.6. The van der Waals surface area contributed by atoms with E-state index >= 15 is 0 Å². The SMILES string of the molecule is O=NCc1cc(S(=O)Nc2ccc3cc[nH]c3c2)cc(O)c1O. The van der Waals surface area contributed by atoms with Crippen molar-refractivity contribution in [3.8, 4) is 11.5 Å². The number of aromatic hydroxyl groups is 2. The Hall–Kier alpha value is -2.87. The maximum absolute atomic E-state index is 12.4. The number of aromatic amines is 1. The van der Waals surface area contributed by atoms with Crippen LogP contribution < -0.4 is 4.72 Å². The molecule has 0 aliphatic carbocycles. The van der Waals surface area contributed by atoms with E-state index < -0.39 is 22.5 Å². The van der Waals surface area contributed by atoms with Crippen LogP contribution in [0.15, 0.2) is 52.7 Å². The average molecular weight is 331 g/mol. The molecule has 3 rings (SSSR count). The second-order valence-electron chi connectivity index (χ2n) is 4.89. The van der Waals surface area contributed by atoms with E-state index in [9.17, 15) is 19.3 Å². The molecule has 3 aromatic rings. The number of H-pyrrole nitrogens is 1. The summed E-state index contributed by atoms with van der Waals surface area (Å²) in [4.78, 5) is 13.7. The first-order chi connectivity index (χ1) is 11.1. The van der Waals surface area contributed by atoms with Gasteiger partial charge in [0.1, 0.15) is 17.5 Å². The van der Waals surface area contributed by atoms with Crippen LogP contribution in [0.1, 0.15) is 5.56 Å². The molecule has 0 fully saturated rings. The van der Waals surface area contributed by atoms with Gasteiger partial charge in [0.05, 0.1) is 4.90 Å². The van der Waals surface area contributed by atoms with Crippen molar-refractivity contribution >= 4 is 27.6 Å². The number of nitroso groups, excluding NO2 is 1. The second-order valence-corrected chi connectivity index (χ2v) is 6.10. The number of phenols is 2. The highest BCUT2D eigenvalue weighted by Crippen LogP contribution is 2.32. The second kappa shape index (κ2) is 6.09. The summed E-state index contributed by atoms with van der Waals surface area (Å²) < 4.78 is 15.2. The number of nitrogens with zero attached hydrogens (tertiary/aromatic N) is 1. The number of aromatic nitrogens is 1. The molecule has 7 nitrogen and oxygen atoms in total. The van der Waals surface area contributed by atoms with Crippen LogP contribution in [0.25, 0.3) is 10.9 Å². The van der Waals surface area contributed by atoms with Gasteiger partial charge < -0.3 is 19.9 Å². The van der Waals surface area contributed by atoms with Crippen LogP contribution >= 0.6 is 0 Å². The average Bonchev–Trinajstić information content (AvgIpc) is 2.99. The summed E-state index contributed by atoms with van der Waals surface area (Å²) >= 11 is 0. The largest absolute Gasteiger partial charge is 0.504 e. The minimum absolute atomic E-state index is 0.116. The van der Waals surface area contributed by atoms with Crippen molar-refractivity contribution in [2.75, 3.05) is 4.72 Å². The first-order valence-corrected chi connectivity index (χ1v) is 7.83. The Morgan fingerprint density at radius 1 is 1.17 bits per heavy atom. The first kappa shape index (κ1) is 15.0. The molecular weight excluding hydrogens is 318 g/mol. The molecular formula is C15H13N3O4S. The minimum atomic E-state index is -1.68. The number of rotatable bonds is 5. The van der Waals surface area contributed by atoms with Crippen molar-refractivity contribution in [1.29, 1.82) is 0 Å². The van der Waals surface area contributed by atoms with Crippen LogP contribution in [0.2, 0.25) is 0 Å². The van der Waals surface area contributed by atoms with Gasteiger partial charge in [-0.05, 0) is 29.7 Å². The van der Waals surface area contributed by atoms with Crippen molar-refractivity contribution in [3.05, 3.63) is 53.1 Å². The van der Waals surface area contributed by atoms with E-state index in [4.69, 9.17) is 0 Å². The Morgan fingerprint density at radius 3 is 2.78 bits per heavy atom. The van der Waals surface area contributed by atoms with Crippen LogP contribution in [-0.2, 0) is 17.5 Å². The molecule has 0 radical (unpaired) electrons. The van der Waals surface area contributed by atoms with Gasteiger partial charge in [0, 0.05) is 29.0 Å². The van der Waals surface area contributed by atoms with Crippen LogP contribution in [0.5, 0.6) is 11.5 Å². The summed E-state index contributed by atoms with van der Waals surface area (Å²) in [6.45, 7) is -0.321. The molecule has 0 amide bonds. The smallest absolute Gasteiger partial charge is 0.162 e. The zero-order valence-electron chi connectivity index (χ0n) is 11.8. The predicted octanol–water partition coefficient (Wildman–Crippen LogP) is 2.98. The number of nitrogens with one attached hydrogen (secondary N) is 2. The minimum Gasteiger partial charge on any atom is -0.504 e. The zero-order chi connectivity index (χ0) is 16.4. The first-order valence-electron chi connectivity index (χ1n) is 6.68. The lowest BCUT2D eigenvalue weighted by Crippen LogP contribution is -2.05. The molecule has 1 aromatic heterocycles. The molecule has 1 atom stereocenters. The van der Waals surface area contributed by atoms with Gasteiger partial charge in [0.2, 0.25) is 0 Å². The van der Waals surface area contributed by atoms with Gasteiger partial charge in [-0.3, -0.25) is 0 Å². The number of hydrogen-bond donors (Lipinski definition) is 4. The summed E-state index contributed by atoms with van der Waals surface area (Å²) in [5, 5.41) is 23.0. The fraction of sp³-hybridized carbons (Fsp3) is 0.0667. The van der Waals surface area contributed by atoms with Gasteiger partial charge in [-0.2, -0.15) is 4.91 Å². The molecule has 4 N–H and O–H groups in total. The van der Waals surface area contributed by atoms with Gasteiger partial charge in [0.25, 0.3) is 0 Å². The Balaban J connectivity index is 1.89. The Bertz CT molecular complexity index is 907. The van der Waals surface area contributed by atoms with E-state index in [0.717, 1.165) is 10.9 Å². The number of hydrogen-bond acceptors (Lipinski definition) is 5. The molecule has 0 aliphatic heterocycles. The highest BCUT2D eigenvalue weighted by atomic mass is 32.2. The summed E-state index contributed by atoms with van der Waals surface area (Å²) in [5.74, 6) is -0.880. The number of fused-ring (bicyclic) bond motifs is 1. The summed E-state index contributed by atoms with van der Waals surface area (Å²) in [7, 11) is -1.68. The van der Waals surface area contributed by atoms with E-state index in [0.29, 0.717) is 5.69 Å². The molecule has 23 heavy (non-hydrogen) atoms. The molecule has 118 valence electrons. The van der Waals surface area contributed by atoms with Gasteiger partial charge in [-0.1, -0.05) is 11.2 Å². The molecule has 1 heterocycles. The highest BCUT2D eigenvalue weighted by Gasteiger charge is 2.14. The fourth-order valence-corrected chi connectivity index (χ4v) is 3.15. The van der Waals surface area contributed by atoms with Crippen LogP contribution in [0, 0.1) is 4.91 Å². The number of phenolic OH excluding ortho intramolecular Hbond substituents is 2. The third kappa shape index (κ3) is 3.02. The van der Waals surface area contributed by atoms with Crippen molar-refractivity contribution in [2.24, 2.45) is 5.18 Å². The fourth-order valence-electron chi connectivity index (χ4n) is 2.22. The van der Waals surface area contributed by atoms with E-state index in [1.807, 2.05) is 18.3 Å². The predicted molar refractivity (Wildman–Crippen MR) is 87.6 cm³/mol. The molecule has 0 aliphatic rings. The monoisotopic (exact) mass is 331 g/mol. The van der Waals surface area contributed by atoms with Crippen LogP contribution in [-0.4, -0.2) is 19.4 Å². The molecule has 0 bridgehead atoms. The van der Waals surface area contributed by atoms with Gasteiger partial charge in [-0.25, -0.2) is 4.21 Å². The number of benzene rings is 2. The van der Waals surface area contributed by atoms with E-state index in [2.05, 4.69) is 14.9 Å². The van der Waals surface area contributed by atoms with E-state index in [-0.39, 0.29) is 17.0 Å². The lowest BCUT2D eigenvalue weighted by atomic mass is 10.2. The molecule has 0 spiro atoms. The maximum atomic E-state index is 12.4. The van der Waals surface area contributed by atoms with Gasteiger partial charge >= 0.3 is 0 Å². The Labute approximate surface area is 133 Å². The lowest BCUT2D eigenvalue weighted by molar-refractivity contribution is 0.398. The highest BCUT2D eigenvalue weighted by molar-refractivity contribution is 7.86. The van der Waals surface area contributed by atoms with Crippen LogP contribution in [0.4, 0.5) is 5.69 Å². The summed E-state index contributed by atoms with van der Waals surface area (Å²) in [6, 6.07) is 9.93.